The lowest BCUT2D eigenvalue weighted by atomic mass is 10.1. The maximum atomic E-state index is 12.7. The van der Waals surface area contributed by atoms with E-state index in [1.165, 1.54) is 23.4 Å². The molecule has 1 saturated heterocycles. The van der Waals surface area contributed by atoms with E-state index in [1.807, 2.05) is 11.4 Å². The van der Waals surface area contributed by atoms with Gasteiger partial charge in [0.1, 0.15) is 0 Å². The number of benzene rings is 1. The molecule has 1 N–H and O–H groups in total. The molecule has 0 spiro atoms. The number of nitrogens with zero attached hydrogens (tertiary/aromatic N) is 2. The summed E-state index contributed by atoms with van der Waals surface area (Å²) in [5.41, 5.74) is 0.926. The molecule has 0 saturated carbocycles. The van der Waals surface area contributed by atoms with Crippen LogP contribution in [0.5, 0.6) is 0 Å². The standard InChI is InChI=1S/C15H15Cl2N3O2S2/c16-12-2-1-10(7-13(12)17)8-20(11-3-5-22-24-9-11)15(21)19-14-18-4-6-23-14/h1-2,4,6-7,11H,3,5,8-9H2,(H,18,19,21). The minimum absolute atomic E-state index is 0.0816. The Morgan fingerprint density at radius 2 is 2.29 bits per heavy atom. The lowest BCUT2D eigenvalue weighted by molar-refractivity contribution is 0.171. The molecular formula is C15H15Cl2N3O2S2. The number of carbonyl (C=O) groups is 1. The first-order chi connectivity index (χ1) is 11.6. The number of amides is 2. The zero-order valence-corrected chi connectivity index (χ0v) is 15.7. The molecule has 1 aromatic heterocycles. The first-order valence-electron chi connectivity index (χ1n) is 7.29. The third-order valence-corrected chi connectivity index (χ3v) is 5.84. The van der Waals surface area contributed by atoms with Gasteiger partial charge >= 0.3 is 6.03 Å². The van der Waals surface area contributed by atoms with Crippen LogP contribution in [-0.2, 0) is 10.7 Å². The summed E-state index contributed by atoms with van der Waals surface area (Å²) in [7, 11) is 0. The zero-order chi connectivity index (χ0) is 16.9. The van der Waals surface area contributed by atoms with Crippen LogP contribution in [0.25, 0.3) is 0 Å². The van der Waals surface area contributed by atoms with Crippen molar-refractivity contribution in [2.45, 2.75) is 19.0 Å². The Labute approximate surface area is 158 Å². The molecule has 2 aromatic rings. The van der Waals surface area contributed by atoms with Gasteiger partial charge in [-0.15, -0.1) is 11.3 Å². The van der Waals surface area contributed by atoms with Crippen LogP contribution >= 0.6 is 46.6 Å². The molecule has 2 amide bonds. The van der Waals surface area contributed by atoms with Crippen molar-refractivity contribution in [3.63, 3.8) is 0 Å². The Balaban J connectivity index is 1.77. The molecule has 0 radical (unpaired) electrons. The van der Waals surface area contributed by atoms with Gasteiger partial charge in [0.2, 0.25) is 0 Å². The van der Waals surface area contributed by atoms with Crippen molar-refractivity contribution in [1.29, 1.82) is 0 Å². The number of halogens is 2. The van der Waals surface area contributed by atoms with Crippen molar-refractivity contribution < 1.29 is 8.98 Å². The van der Waals surface area contributed by atoms with E-state index in [4.69, 9.17) is 27.4 Å². The fourth-order valence-corrected chi connectivity index (χ4v) is 4.00. The number of carbonyl (C=O) groups excluding carboxylic acids is 1. The third kappa shape index (κ3) is 4.55. The van der Waals surface area contributed by atoms with E-state index >= 15 is 0 Å². The van der Waals surface area contributed by atoms with E-state index in [1.54, 1.807) is 23.2 Å². The molecule has 9 heteroatoms. The molecule has 24 heavy (non-hydrogen) atoms. The average Bonchev–Trinajstić information content (AvgIpc) is 3.09. The van der Waals surface area contributed by atoms with Gasteiger partial charge in [-0.25, -0.2) is 9.78 Å². The summed E-state index contributed by atoms with van der Waals surface area (Å²) in [6, 6.07) is 5.32. The van der Waals surface area contributed by atoms with Crippen molar-refractivity contribution in [3.8, 4) is 0 Å². The van der Waals surface area contributed by atoms with E-state index in [0.717, 1.165) is 17.7 Å². The summed E-state index contributed by atoms with van der Waals surface area (Å²) >= 11 is 14.8. The van der Waals surface area contributed by atoms with Gasteiger partial charge in [0, 0.05) is 29.9 Å². The van der Waals surface area contributed by atoms with Crippen LogP contribution in [0.15, 0.2) is 29.8 Å². The van der Waals surface area contributed by atoms with E-state index in [9.17, 15) is 4.79 Å². The number of thiazole rings is 1. The molecule has 0 bridgehead atoms. The summed E-state index contributed by atoms with van der Waals surface area (Å²) < 4.78 is 5.33. The van der Waals surface area contributed by atoms with E-state index < -0.39 is 0 Å². The summed E-state index contributed by atoms with van der Waals surface area (Å²) in [6.07, 6.45) is 2.45. The van der Waals surface area contributed by atoms with Crippen LogP contribution in [0.4, 0.5) is 9.93 Å². The van der Waals surface area contributed by atoms with Crippen molar-refractivity contribution in [3.05, 3.63) is 45.4 Å². The summed E-state index contributed by atoms with van der Waals surface area (Å²) in [5, 5.41) is 6.24. The molecule has 2 heterocycles. The van der Waals surface area contributed by atoms with Gasteiger partial charge in [-0.05, 0) is 36.2 Å². The number of hydrogen-bond acceptors (Lipinski definition) is 5. The summed E-state index contributed by atoms with van der Waals surface area (Å²) in [4.78, 5) is 18.6. The highest BCUT2D eigenvalue weighted by Gasteiger charge is 2.27. The quantitative estimate of drug-likeness (QED) is 0.735. The lowest BCUT2D eigenvalue weighted by Gasteiger charge is -2.33. The van der Waals surface area contributed by atoms with E-state index in [-0.39, 0.29) is 12.1 Å². The molecule has 128 valence electrons. The number of urea groups is 1. The van der Waals surface area contributed by atoms with Crippen LogP contribution in [0.1, 0.15) is 12.0 Å². The number of rotatable bonds is 4. The van der Waals surface area contributed by atoms with Crippen molar-refractivity contribution in [2.75, 3.05) is 17.7 Å². The maximum absolute atomic E-state index is 12.7. The normalized spacial score (nSPS) is 17.5. The van der Waals surface area contributed by atoms with Gasteiger partial charge in [0.15, 0.2) is 5.13 Å². The highest BCUT2D eigenvalue weighted by Crippen LogP contribution is 2.26. The molecule has 1 aromatic carbocycles. The van der Waals surface area contributed by atoms with Crippen LogP contribution in [0.2, 0.25) is 10.0 Å². The average molecular weight is 404 g/mol. The Bertz CT molecular complexity index is 694. The van der Waals surface area contributed by atoms with Crippen LogP contribution < -0.4 is 5.32 Å². The molecule has 0 aliphatic carbocycles. The predicted molar refractivity (Wildman–Crippen MR) is 100.0 cm³/mol. The number of anilines is 1. The van der Waals surface area contributed by atoms with Gasteiger partial charge in [-0.3, -0.25) is 5.32 Å². The van der Waals surface area contributed by atoms with Gasteiger partial charge in [-0.2, -0.15) is 0 Å². The van der Waals surface area contributed by atoms with Crippen LogP contribution in [0.3, 0.4) is 0 Å². The predicted octanol–water partition coefficient (Wildman–Crippen LogP) is 4.92. The number of aromatic nitrogens is 1. The van der Waals surface area contributed by atoms with Gasteiger partial charge in [-0.1, -0.05) is 29.3 Å². The Hall–Kier alpha value is -0.990. The molecule has 3 rings (SSSR count). The molecule has 1 aliphatic rings. The molecule has 1 atom stereocenters. The third-order valence-electron chi connectivity index (χ3n) is 3.56. The van der Waals surface area contributed by atoms with Gasteiger partial charge in [0.25, 0.3) is 0 Å². The first-order valence-corrected chi connectivity index (χ1v) is 9.83. The fraction of sp³-hybridized carbons (Fsp3) is 0.333. The van der Waals surface area contributed by atoms with Crippen molar-refractivity contribution >= 4 is 57.7 Å². The second-order valence-electron chi connectivity index (χ2n) is 5.19. The Kier molecular flexibility index (Phi) is 6.24. The molecule has 5 nitrogen and oxygen atoms in total. The Morgan fingerprint density at radius 1 is 1.42 bits per heavy atom. The number of hydrogen-bond donors (Lipinski definition) is 1. The molecule has 1 aliphatic heterocycles. The minimum Gasteiger partial charge on any atom is -0.316 e. The molecular weight excluding hydrogens is 389 g/mol. The second kappa shape index (κ2) is 8.40. The van der Waals surface area contributed by atoms with E-state index in [0.29, 0.717) is 28.3 Å². The second-order valence-corrected chi connectivity index (χ2v) is 7.71. The molecule has 1 fully saturated rings. The monoisotopic (exact) mass is 403 g/mol. The van der Waals surface area contributed by atoms with Crippen molar-refractivity contribution in [2.24, 2.45) is 0 Å². The smallest absolute Gasteiger partial charge is 0.316 e. The lowest BCUT2D eigenvalue weighted by Crippen LogP contribution is -2.45. The topological polar surface area (TPSA) is 54.5 Å². The largest absolute Gasteiger partial charge is 0.324 e. The van der Waals surface area contributed by atoms with Crippen LogP contribution in [-0.4, -0.2) is 34.3 Å². The highest BCUT2D eigenvalue weighted by molar-refractivity contribution is 7.94. The minimum atomic E-state index is -0.177. The van der Waals surface area contributed by atoms with Crippen LogP contribution in [0, 0.1) is 0 Å². The zero-order valence-electron chi connectivity index (χ0n) is 12.6. The molecule has 1 unspecified atom stereocenters. The summed E-state index contributed by atoms with van der Waals surface area (Å²) in [5.74, 6) is 0.729. The first kappa shape index (κ1) is 17.8. The maximum Gasteiger partial charge on any atom is 0.324 e. The fourth-order valence-electron chi connectivity index (χ4n) is 2.35. The SMILES string of the molecule is O=C(Nc1nccs1)N(Cc1ccc(Cl)c(Cl)c1)C1CCOSC1. The number of nitrogens with one attached hydrogen (secondary N) is 1. The van der Waals surface area contributed by atoms with Crippen molar-refractivity contribution in [1.82, 2.24) is 9.88 Å². The Morgan fingerprint density at radius 3 is 2.96 bits per heavy atom. The van der Waals surface area contributed by atoms with Gasteiger partial charge < -0.3 is 9.08 Å². The summed E-state index contributed by atoms with van der Waals surface area (Å²) in [6.45, 7) is 1.07. The highest BCUT2D eigenvalue weighted by atomic mass is 35.5. The van der Waals surface area contributed by atoms with E-state index in [2.05, 4.69) is 10.3 Å². The van der Waals surface area contributed by atoms with Gasteiger partial charge in [0.05, 0.1) is 16.7 Å².